The van der Waals surface area contributed by atoms with Crippen molar-refractivity contribution in [2.75, 3.05) is 6.54 Å². The molecule has 11 heteroatoms. The molecule has 0 saturated heterocycles. The minimum atomic E-state index is -1.12. The molecule has 9 nitrogen and oxygen atoms in total. The normalized spacial score (nSPS) is 12.7. The lowest BCUT2D eigenvalue weighted by Gasteiger charge is -2.21. The number of carboxylic acids is 1. The summed E-state index contributed by atoms with van der Waals surface area (Å²) in [6, 6.07) is 1.49. The number of guanidine groups is 1. The van der Waals surface area contributed by atoms with Crippen molar-refractivity contribution < 1.29 is 19.8 Å². The van der Waals surface area contributed by atoms with Gasteiger partial charge in [-0.25, -0.2) is 4.79 Å². The number of carbonyl (C=O) groups excluding carboxylic acids is 1. The third-order valence-corrected chi connectivity index (χ3v) is 5.03. The Hall–Kier alpha value is -1.95. The van der Waals surface area contributed by atoms with Crippen LogP contribution in [0.3, 0.4) is 0 Å². The number of hydrogen-bond donors (Lipinski definition) is 7. The summed E-state index contributed by atoms with van der Waals surface area (Å²) in [4.78, 5) is 24.2. The van der Waals surface area contributed by atoms with Gasteiger partial charge in [-0.15, -0.1) is 0 Å². The quantitative estimate of drug-likeness (QED) is 0.124. The fourth-order valence-corrected chi connectivity index (χ4v) is 3.25. The molecule has 0 heterocycles. The van der Waals surface area contributed by atoms with E-state index in [0.29, 0.717) is 19.4 Å². The first-order valence-electron chi connectivity index (χ1n) is 8.77. The van der Waals surface area contributed by atoms with Crippen LogP contribution in [0.15, 0.2) is 12.1 Å². The van der Waals surface area contributed by atoms with Crippen LogP contribution in [0.5, 0.6) is 5.75 Å². The molecule has 0 aliphatic carbocycles. The van der Waals surface area contributed by atoms with E-state index in [-0.39, 0.29) is 18.1 Å². The molecular weight excluding hydrogens is 400 g/mol. The number of hydrogen-bond acceptors (Lipinski definition) is 5. The average molecular weight is 429 g/mol. The van der Waals surface area contributed by atoms with Gasteiger partial charge in [0.2, 0.25) is 5.91 Å². The van der Waals surface area contributed by atoms with Crippen molar-refractivity contribution in [2.24, 2.45) is 0 Å². The number of aliphatic carboxylic acids is 1. The summed E-state index contributed by atoms with van der Waals surface area (Å²) in [7, 11) is 4.49. The molecule has 0 fully saturated rings. The van der Waals surface area contributed by atoms with E-state index in [2.05, 4.69) is 39.6 Å². The van der Waals surface area contributed by atoms with Crippen LogP contribution in [0.25, 0.3) is 0 Å². The Kier molecular flexibility index (Phi) is 10.1. The molecule has 4 atom stereocenters. The lowest BCUT2D eigenvalue weighted by Crippen LogP contribution is -2.49. The molecule has 0 aromatic heterocycles. The minimum Gasteiger partial charge on any atom is -0.508 e. The summed E-state index contributed by atoms with van der Waals surface area (Å²) in [5.74, 6) is -1.24. The smallest absolute Gasteiger partial charge is 0.326 e. The Labute approximate surface area is 169 Å². The SMILES string of the molecule is Cc1cc(O)cc(C)c1CC(NC(=O)C(CCCNC(=N)NP)NP)C(=O)O. The molecule has 0 spiro atoms. The van der Waals surface area contributed by atoms with Gasteiger partial charge in [0.15, 0.2) is 5.96 Å². The molecule has 7 N–H and O–H groups in total. The highest BCUT2D eigenvalue weighted by Crippen LogP contribution is 2.22. The van der Waals surface area contributed by atoms with Crippen LogP contribution >= 0.6 is 18.8 Å². The monoisotopic (exact) mass is 429 g/mol. The van der Waals surface area contributed by atoms with Crippen molar-refractivity contribution in [3.05, 3.63) is 28.8 Å². The Bertz CT molecular complexity index is 694. The van der Waals surface area contributed by atoms with Gasteiger partial charge >= 0.3 is 5.97 Å². The number of phenolic OH excluding ortho intramolecular Hbond substituents is 1. The summed E-state index contributed by atoms with van der Waals surface area (Å²) in [6.07, 6.45) is 1.21. The highest BCUT2D eigenvalue weighted by Gasteiger charge is 2.25. The van der Waals surface area contributed by atoms with Crippen LogP contribution in [0, 0.1) is 19.3 Å². The standard InChI is InChI=1S/C17H29N5O4P2/c1-9-6-11(23)7-10(2)12(9)8-14(16(25)26)20-15(24)13(21-27)4-3-5-19-17(18)22-28/h6-7,13-14,21,23H,3-5,8,27-28H2,1-2H3,(H,20,24)(H,25,26)(H3,18,19,22). The lowest BCUT2D eigenvalue weighted by molar-refractivity contribution is -0.142. The van der Waals surface area contributed by atoms with E-state index in [0.717, 1.165) is 16.7 Å². The van der Waals surface area contributed by atoms with Crippen molar-refractivity contribution in [1.82, 2.24) is 20.8 Å². The van der Waals surface area contributed by atoms with Crippen molar-refractivity contribution in [2.45, 2.75) is 45.2 Å². The van der Waals surface area contributed by atoms with E-state index >= 15 is 0 Å². The molecule has 0 aliphatic heterocycles. The third kappa shape index (κ3) is 7.58. The first kappa shape index (κ1) is 24.1. The minimum absolute atomic E-state index is 0.125. The van der Waals surface area contributed by atoms with Crippen LogP contribution in [-0.2, 0) is 16.0 Å². The van der Waals surface area contributed by atoms with E-state index < -0.39 is 24.0 Å². The number of carbonyl (C=O) groups is 2. The number of amides is 1. The first-order valence-corrected chi connectivity index (χ1v) is 9.92. The summed E-state index contributed by atoms with van der Waals surface area (Å²) in [6.45, 7) is 4.10. The van der Waals surface area contributed by atoms with Crippen molar-refractivity contribution in [3.63, 3.8) is 0 Å². The van der Waals surface area contributed by atoms with E-state index in [4.69, 9.17) is 5.41 Å². The molecule has 0 bridgehead atoms. The van der Waals surface area contributed by atoms with Gasteiger partial charge in [-0.3, -0.25) is 15.3 Å². The van der Waals surface area contributed by atoms with Gasteiger partial charge in [0.1, 0.15) is 11.8 Å². The largest absolute Gasteiger partial charge is 0.508 e. The average Bonchev–Trinajstić information content (AvgIpc) is 2.62. The Balaban J connectivity index is 2.73. The maximum atomic E-state index is 12.5. The van der Waals surface area contributed by atoms with Crippen LogP contribution in [0.1, 0.15) is 29.5 Å². The molecule has 1 rings (SSSR count). The van der Waals surface area contributed by atoms with Gasteiger partial charge in [0, 0.05) is 13.0 Å². The Morgan fingerprint density at radius 2 is 1.79 bits per heavy atom. The molecular formula is C17H29N5O4P2. The highest BCUT2D eigenvalue weighted by molar-refractivity contribution is 7.15. The molecule has 156 valence electrons. The topological polar surface area (TPSA) is 147 Å². The number of rotatable bonds is 10. The summed E-state index contributed by atoms with van der Waals surface area (Å²) >= 11 is 0. The predicted octanol–water partition coefficient (Wildman–Crippen LogP) is 0.554. The summed E-state index contributed by atoms with van der Waals surface area (Å²) in [5.41, 5.74) is 2.33. The van der Waals surface area contributed by atoms with Crippen LogP contribution in [-0.4, -0.2) is 46.7 Å². The van der Waals surface area contributed by atoms with Crippen molar-refractivity contribution in [1.29, 1.82) is 5.41 Å². The fourth-order valence-electron chi connectivity index (χ4n) is 2.83. The zero-order valence-corrected chi connectivity index (χ0v) is 18.3. The zero-order chi connectivity index (χ0) is 21.3. The Morgan fingerprint density at radius 1 is 1.18 bits per heavy atom. The van der Waals surface area contributed by atoms with Gasteiger partial charge < -0.3 is 25.9 Å². The number of aryl methyl sites for hydroxylation is 2. The third-order valence-electron chi connectivity index (χ3n) is 4.34. The lowest BCUT2D eigenvalue weighted by atomic mass is 9.95. The molecule has 0 radical (unpaired) electrons. The first-order chi connectivity index (χ1) is 13.2. The molecule has 28 heavy (non-hydrogen) atoms. The number of nitrogens with one attached hydrogen (secondary N) is 5. The fraction of sp³-hybridized carbons (Fsp3) is 0.471. The van der Waals surface area contributed by atoms with Gasteiger partial charge in [-0.05, 0) is 64.9 Å². The Morgan fingerprint density at radius 3 is 2.29 bits per heavy atom. The molecule has 1 aromatic carbocycles. The second kappa shape index (κ2) is 11.8. The van der Waals surface area contributed by atoms with Gasteiger partial charge in [0.25, 0.3) is 0 Å². The molecule has 1 amide bonds. The molecule has 1 aromatic rings. The van der Waals surface area contributed by atoms with Crippen LogP contribution in [0.4, 0.5) is 0 Å². The van der Waals surface area contributed by atoms with E-state index in [1.165, 1.54) is 0 Å². The molecule has 0 aliphatic rings. The summed E-state index contributed by atoms with van der Waals surface area (Å²) in [5, 5.41) is 37.4. The summed E-state index contributed by atoms with van der Waals surface area (Å²) < 4.78 is 0. The maximum Gasteiger partial charge on any atom is 0.326 e. The van der Waals surface area contributed by atoms with Gasteiger partial charge in [-0.1, -0.05) is 9.39 Å². The number of aromatic hydroxyl groups is 1. The second-order valence-corrected chi connectivity index (χ2v) is 7.09. The van der Waals surface area contributed by atoms with Crippen molar-refractivity contribution >= 4 is 36.6 Å². The molecule has 4 unspecified atom stereocenters. The molecule has 0 saturated carbocycles. The van der Waals surface area contributed by atoms with Gasteiger partial charge in [-0.2, -0.15) is 0 Å². The van der Waals surface area contributed by atoms with Crippen LogP contribution in [0.2, 0.25) is 0 Å². The zero-order valence-electron chi connectivity index (χ0n) is 16.0. The number of carboxylic acid groups (broad SMARTS) is 1. The van der Waals surface area contributed by atoms with E-state index in [1.54, 1.807) is 26.0 Å². The number of benzene rings is 1. The van der Waals surface area contributed by atoms with Gasteiger partial charge in [0.05, 0.1) is 6.04 Å². The maximum absolute atomic E-state index is 12.5. The van der Waals surface area contributed by atoms with E-state index in [9.17, 15) is 19.8 Å². The number of phenols is 1. The van der Waals surface area contributed by atoms with E-state index in [1.807, 2.05) is 0 Å². The highest BCUT2D eigenvalue weighted by atomic mass is 31.0. The second-order valence-electron chi connectivity index (χ2n) is 6.47. The predicted molar refractivity (Wildman–Crippen MR) is 115 cm³/mol. The van der Waals surface area contributed by atoms with Crippen LogP contribution < -0.4 is 20.8 Å². The van der Waals surface area contributed by atoms with Crippen molar-refractivity contribution in [3.8, 4) is 5.75 Å².